The summed E-state index contributed by atoms with van der Waals surface area (Å²) in [5, 5.41) is 13.9. The summed E-state index contributed by atoms with van der Waals surface area (Å²) < 4.78 is 13.0. The Balaban J connectivity index is 1.92. The molecule has 2 amide bonds. The molecule has 6 heteroatoms. The van der Waals surface area contributed by atoms with Gasteiger partial charge in [-0.3, -0.25) is 0 Å². The van der Waals surface area contributed by atoms with E-state index in [0.717, 1.165) is 0 Å². The molecule has 2 aromatic rings. The minimum atomic E-state index is -1.03. The zero-order valence-electron chi connectivity index (χ0n) is 11.0. The fraction of sp³-hybridized carbons (Fsp3) is 0.0667. The van der Waals surface area contributed by atoms with Crippen molar-refractivity contribution in [3.63, 3.8) is 0 Å². The molecule has 0 spiro atoms. The first kappa shape index (κ1) is 14.5. The number of carboxylic acid groups (broad SMARTS) is 1. The molecule has 0 fully saturated rings. The third-order valence-corrected chi connectivity index (χ3v) is 2.71. The van der Waals surface area contributed by atoms with E-state index >= 15 is 0 Å². The average Bonchev–Trinajstić information content (AvgIpc) is 2.45. The maximum Gasteiger partial charge on any atom is 0.335 e. The lowest BCUT2D eigenvalue weighted by Crippen LogP contribution is -2.28. The quantitative estimate of drug-likeness (QED) is 0.809. The molecule has 2 rings (SSSR count). The van der Waals surface area contributed by atoms with Crippen molar-refractivity contribution < 1.29 is 19.1 Å². The number of aromatic carboxylic acids is 1. The molecule has 5 nitrogen and oxygen atoms in total. The van der Waals surface area contributed by atoms with Crippen LogP contribution >= 0.6 is 0 Å². The van der Waals surface area contributed by atoms with E-state index in [9.17, 15) is 14.0 Å². The van der Waals surface area contributed by atoms with E-state index < -0.39 is 17.8 Å². The number of anilines is 1. The summed E-state index contributed by atoms with van der Waals surface area (Å²) in [7, 11) is 0. The molecule has 0 saturated carbocycles. The van der Waals surface area contributed by atoms with Crippen LogP contribution in [0, 0.1) is 5.82 Å². The van der Waals surface area contributed by atoms with Crippen LogP contribution in [-0.4, -0.2) is 17.1 Å². The molecule has 0 aliphatic rings. The van der Waals surface area contributed by atoms with Gasteiger partial charge in [0.05, 0.1) is 5.56 Å². The van der Waals surface area contributed by atoms with Gasteiger partial charge in [0.2, 0.25) is 0 Å². The number of hydrogen-bond acceptors (Lipinski definition) is 2. The monoisotopic (exact) mass is 288 g/mol. The number of nitrogens with one attached hydrogen (secondary N) is 2. The highest BCUT2D eigenvalue weighted by Crippen LogP contribution is 2.09. The van der Waals surface area contributed by atoms with Crippen molar-refractivity contribution in [1.82, 2.24) is 5.32 Å². The van der Waals surface area contributed by atoms with Crippen LogP contribution in [0.25, 0.3) is 0 Å². The minimum absolute atomic E-state index is 0.153. The third kappa shape index (κ3) is 4.31. The van der Waals surface area contributed by atoms with Crippen molar-refractivity contribution >= 4 is 17.7 Å². The van der Waals surface area contributed by atoms with Gasteiger partial charge in [0.25, 0.3) is 0 Å². The van der Waals surface area contributed by atoms with Crippen LogP contribution in [0.4, 0.5) is 14.9 Å². The van der Waals surface area contributed by atoms with E-state index in [1.807, 2.05) is 0 Å². The Morgan fingerprint density at radius 2 is 1.86 bits per heavy atom. The van der Waals surface area contributed by atoms with Crippen LogP contribution in [0.5, 0.6) is 0 Å². The Labute approximate surface area is 120 Å². The fourth-order valence-electron chi connectivity index (χ4n) is 1.74. The van der Waals surface area contributed by atoms with E-state index in [-0.39, 0.29) is 12.1 Å². The second-order valence-electron chi connectivity index (χ2n) is 4.32. The van der Waals surface area contributed by atoms with Crippen LogP contribution in [-0.2, 0) is 6.54 Å². The van der Waals surface area contributed by atoms with Gasteiger partial charge in [-0.25, -0.2) is 14.0 Å². The maximum atomic E-state index is 13.0. The number of urea groups is 1. The average molecular weight is 288 g/mol. The number of carbonyl (C=O) groups is 2. The summed E-state index contributed by atoms with van der Waals surface area (Å²) >= 11 is 0. The first-order valence-corrected chi connectivity index (χ1v) is 6.17. The van der Waals surface area contributed by atoms with Crippen LogP contribution in [0.15, 0.2) is 48.5 Å². The van der Waals surface area contributed by atoms with Crippen molar-refractivity contribution in [2.75, 3.05) is 5.32 Å². The first-order chi connectivity index (χ1) is 10.0. The Hall–Kier alpha value is -2.89. The zero-order valence-corrected chi connectivity index (χ0v) is 11.0. The molecule has 0 aliphatic heterocycles. The van der Waals surface area contributed by atoms with Crippen LogP contribution in [0.3, 0.4) is 0 Å². The lowest BCUT2D eigenvalue weighted by atomic mass is 10.1. The summed E-state index contributed by atoms with van der Waals surface area (Å²) in [5.41, 5.74) is 1.15. The third-order valence-electron chi connectivity index (χ3n) is 2.71. The summed E-state index contributed by atoms with van der Waals surface area (Å²) in [6.45, 7) is 0.169. The van der Waals surface area contributed by atoms with Gasteiger partial charge < -0.3 is 15.7 Å². The molecule has 0 aliphatic carbocycles. The molecule has 3 N–H and O–H groups in total. The summed E-state index contributed by atoms with van der Waals surface area (Å²) in [5.74, 6) is -1.47. The van der Waals surface area contributed by atoms with E-state index in [0.29, 0.717) is 11.3 Å². The summed E-state index contributed by atoms with van der Waals surface area (Å²) in [6, 6.07) is 11.3. The lowest BCUT2D eigenvalue weighted by molar-refractivity contribution is 0.0696. The lowest BCUT2D eigenvalue weighted by Gasteiger charge is -2.08. The molecule has 0 unspecified atom stereocenters. The second-order valence-corrected chi connectivity index (χ2v) is 4.32. The summed E-state index contributed by atoms with van der Waals surface area (Å²) in [4.78, 5) is 22.5. The highest BCUT2D eigenvalue weighted by molar-refractivity contribution is 5.89. The van der Waals surface area contributed by atoms with Gasteiger partial charge >= 0.3 is 12.0 Å². The summed E-state index contributed by atoms with van der Waals surface area (Å²) in [6.07, 6.45) is 0. The van der Waals surface area contributed by atoms with Crippen molar-refractivity contribution in [3.05, 3.63) is 65.5 Å². The molecule has 0 heterocycles. The number of halogens is 1. The topological polar surface area (TPSA) is 78.4 Å². The largest absolute Gasteiger partial charge is 0.478 e. The number of hydrogen-bond donors (Lipinski definition) is 3. The number of carboxylic acids is 1. The van der Waals surface area contributed by atoms with Gasteiger partial charge in [0.15, 0.2) is 0 Å². The molecular formula is C15H13FN2O3. The molecule has 21 heavy (non-hydrogen) atoms. The Morgan fingerprint density at radius 1 is 1.10 bits per heavy atom. The van der Waals surface area contributed by atoms with Gasteiger partial charge in [-0.2, -0.15) is 0 Å². The zero-order chi connectivity index (χ0) is 15.2. The Kier molecular flexibility index (Phi) is 4.50. The molecule has 108 valence electrons. The van der Waals surface area contributed by atoms with Crippen LogP contribution < -0.4 is 10.6 Å². The van der Waals surface area contributed by atoms with Gasteiger partial charge in [0, 0.05) is 12.2 Å². The standard InChI is InChI=1S/C15H13FN2O3/c16-12-5-2-6-13(8-12)18-15(21)17-9-10-3-1-4-11(7-10)14(19)20/h1-8H,9H2,(H,19,20)(H2,17,18,21). The van der Waals surface area contributed by atoms with Crippen molar-refractivity contribution in [3.8, 4) is 0 Å². The van der Waals surface area contributed by atoms with Gasteiger partial charge in [-0.05, 0) is 35.9 Å². The fourth-order valence-corrected chi connectivity index (χ4v) is 1.74. The van der Waals surface area contributed by atoms with E-state index in [2.05, 4.69) is 10.6 Å². The van der Waals surface area contributed by atoms with E-state index in [4.69, 9.17) is 5.11 Å². The predicted octanol–water partition coefficient (Wildman–Crippen LogP) is 2.85. The molecule has 0 aromatic heterocycles. The molecular weight excluding hydrogens is 275 g/mol. The molecule has 2 aromatic carbocycles. The van der Waals surface area contributed by atoms with E-state index in [1.54, 1.807) is 18.2 Å². The molecule has 0 atom stereocenters. The van der Waals surface area contributed by atoms with Gasteiger partial charge in [-0.1, -0.05) is 18.2 Å². The number of carbonyl (C=O) groups excluding carboxylic acids is 1. The van der Waals surface area contributed by atoms with Crippen molar-refractivity contribution in [1.29, 1.82) is 0 Å². The highest BCUT2D eigenvalue weighted by atomic mass is 19.1. The Bertz CT molecular complexity index is 673. The van der Waals surface area contributed by atoms with Gasteiger partial charge in [0.1, 0.15) is 5.82 Å². The SMILES string of the molecule is O=C(NCc1cccc(C(=O)O)c1)Nc1cccc(F)c1. The van der Waals surface area contributed by atoms with Crippen molar-refractivity contribution in [2.24, 2.45) is 0 Å². The van der Waals surface area contributed by atoms with Crippen LogP contribution in [0.1, 0.15) is 15.9 Å². The number of amides is 2. The van der Waals surface area contributed by atoms with Crippen molar-refractivity contribution in [2.45, 2.75) is 6.54 Å². The maximum absolute atomic E-state index is 13.0. The predicted molar refractivity (Wildman–Crippen MR) is 75.7 cm³/mol. The Morgan fingerprint density at radius 3 is 2.57 bits per heavy atom. The minimum Gasteiger partial charge on any atom is -0.478 e. The highest BCUT2D eigenvalue weighted by Gasteiger charge is 2.05. The number of rotatable bonds is 4. The van der Waals surface area contributed by atoms with E-state index in [1.165, 1.54) is 30.3 Å². The van der Waals surface area contributed by atoms with Gasteiger partial charge in [-0.15, -0.1) is 0 Å². The molecule has 0 bridgehead atoms. The van der Waals surface area contributed by atoms with Crippen LogP contribution in [0.2, 0.25) is 0 Å². The molecule has 0 radical (unpaired) electrons. The second kappa shape index (κ2) is 6.51. The first-order valence-electron chi connectivity index (χ1n) is 6.17. The number of benzene rings is 2. The molecule has 0 saturated heterocycles. The normalized spacial score (nSPS) is 9.95. The smallest absolute Gasteiger partial charge is 0.335 e.